The van der Waals surface area contributed by atoms with Crippen LogP contribution in [0.1, 0.15) is 41.0 Å². The van der Waals surface area contributed by atoms with Crippen molar-refractivity contribution in [1.29, 1.82) is 0 Å². The Morgan fingerprint density at radius 3 is 2.42 bits per heavy atom. The van der Waals surface area contributed by atoms with E-state index in [0.29, 0.717) is 16.8 Å². The minimum atomic E-state index is -0.235. The molecule has 0 aromatic heterocycles. The summed E-state index contributed by atoms with van der Waals surface area (Å²) in [5.74, 6) is 0.295. The molecule has 0 aliphatic rings. The highest BCUT2D eigenvalue weighted by Crippen LogP contribution is 2.24. The number of hydrogen-bond donors (Lipinski definition) is 2. The first-order valence-corrected chi connectivity index (χ1v) is 9.59. The second-order valence-corrected chi connectivity index (χ2v) is 6.94. The van der Waals surface area contributed by atoms with Gasteiger partial charge in [0.05, 0.1) is 16.8 Å². The molecule has 0 saturated carbocycles. The zero-order valence-corrected chi connectivity index (χ0v) is 15.9. The van der Waals surface area contributed by atoms with E-state index in [1.54, 1.807) is 48.2 Å². The monoisotopic (exact) mass is 368 g/mol. The summed E-state index contributed by atoms with van der Waals surface area (Å²) in [4.78, 5) is 26.1. The summed E-state index contributed by atoms with van der Waals surface area (Å²) < 4.78 is 0. The molecule has 4 nitrogen and oxygen atoms in total. The van der Waals surface area contributed by atoms with Gasteiger partial charge in [-0.25, -0.2) is 0 Å². The molecule has 0 fully saturated rings. The molecule has 0 radical (unpaired) electrons. The molecule has 2 aromatic rings. The van der Waals surface area contributed by atoms with Crippen LogP contribution in [0.25, 0.3) is 0 Å². The number of para-hydroxylation sites is 1. The molecule has 0 saturated heterocycles. The van der Waals surface area contributed by atoms with Crippen molar-refractivity contribution >= 4 is 29.3 Å². The van der Waals surface area contributed by atoms with Gasteiger partial charge in [-0.2, -0.15) is 0 Å². The van der Waals surface area contributed by atoms with E-state index >= 15 is 0 Å². The van der Waals surface area contributed by atoms with Gasteiger partial charge in [0.1, 0.15) is 0 Å². The molecule has 2 rings (SSSR count). The molecule has 2 aromatic carbocycles. The van der Waals surface area contributed by atoms with Crippen LogP contribution in [0, 0.1) is 0 Å². The predicted octanol–water partition coefficient (Wildman–Crippen LogP) is 4.75. The van der Waals surface area contributed by atoms with Gasteiger partial charge in [-0.15, -0.1) is 18.3 Å². The third kappa shape index (κ3) is 5.23. The van der Waals surface area contributed by atoms with Crippen molar-refractivity contribution < 1.29 is 9.59 Å². The van der Waals surface area contributed by atoms with Gasteiger partial charge in [-0.1, -0.05) is 37.3 Å². The second kappa shape index (κ2) is 9.82. The summed E-state index contributed by atoms with van der Waals surface area (Å²) in [6.07, 6.45) is 2.64. The molecule has 5 heteroatoms. The lowest BCUT2D eigenvalue weighted by atomic mass is 10.1. The average molecular weight is 369 g/mol. The minimum absolute atomic E-state index is 0.0716. The van der Waals surface area contributed by atoms with Crippen LogP contribution in [0.4, 0.5) is 5.69 Å². The van der Waals surface area contributed by atoms with Crippen LogP contribution < -0.4 is 10.6 Å². The van der Waals surface area contributed by atoms with Crippen molar-refractivity contribution in [1.82, 2.24) is 5.32 Å². The first-order valence-electron chi connectivity index (χ1n) is 8.60. The lowest BCUT2D eigenvalue weighted by molar-refractivity contribution is 0.0940. The Balaban J connectivity index is 2.23. The zero-order valence-electron chi connectivity index (χ0n) is 15.1. The van der Waals surface area contributed by atoms with E-state index in [1.807, 2.05) is 32.0 Å². The SMILES string of the molecule is C=CCSc1ccccc1C(=O)Nc1ccccc1C(=O)NC(C)CC. The van der Waals surface area contributed by atoms with Crippen LogP contribution in [0.15, 0.2) is 66.1 Å². The molecule has 0 aliphatic heterocycles. The van der Waals surface area contributed by atoms with Gasteiger partial charge < -0.3 is 10.6 Å². The van der Waals surface area contributed by atoms with Crippen LogP contribution in [0.5, 0.6) is 0 Å². The first-order chi connectivity index (χ1) is 12.6. The number of rotatable bonds is 8. The zero-order chi connectivity index (χ0) is 18.9. The van der Waals surface area contributed by atoms with Crippen molar-refractivity contribution in [2.45, 2.75) is 31.2 Å². The number of benzene rings is 2. The van der Waals surface area contributed by atoms with Crippen LogP contribution in [0.2, 0.25) is 0 Å². The topological polar surface area (TPSA) is 58.2 Å². The maximum atomic E-state index is 12.8. The van der Waals surface area contributed by atoms with Gasteiger partial charge in [-0.3, -0.25) is 9.59 Å². The standard InChI is InChI=1S/C21H24N2O2S/c1-4-14-26-19-13-9-7-11-17(19)21(25)23-18-12-8-6-10-16(18)20(24)22-15(3)5-2/h4,6-13,15H,1,5,14H2,2-3H3,(H,22,24)(H,23,25). The molecule has 136 valence electrons. The molecule has 2 amide bonds. The predicted molar refractivity (Wildman–Crippen MR) is 109 cm³/mol. The van der Waals surface area contributed by atoms with Gasteiger partial charge in [0.2, 0.25) is 0 Å². The third-order valence-electron chi connectivity index (χ3n) is 3.90. The molecule has 0 aliphatic carbocycles. The van der Waals surface area contributed by atoms with Gasteiger partial charge in [0.15, 0.2) is 0 Å². The number of anilines is 1. The number of amides is 2. The highest BCUT2D eigenvalue weighted by molar-refractivity contribution is 7.99. The average Bonchev–Trinajstić information content (AvgIpc) is 2.66. The molecule has 2 N–H and O–H groups in total. The number of carbonyl (C=O) groups is 2. The number of carbonyl (C=O) groups excluding carboxylic acids is 2. The van der Waals surface area contributed by atoms with Crippen LogP contribution in [-0.4, -0.2) is 23.6 Å². The summed E-state index contributed by atoms with van der Waals surface area (Å²) in [7, 11) is 0. The molecule has 1 atom stereocenters. The molecular weight excluding hydrogens is 344 g/mol. The van der Waals surface area contributed by atoms with E-state index in [2.05, 4.69) is 17.2 Å². The van der Waals surface area contributed by atoms with E-state index in [9.17, 15) is 9.59 Å². The highest BCUT2D eigenvalue weighted by atomic mass is 32.2. The Morgan fingerprint density at radius 1 is 1.08 bits per heavy atom. The van der Waals surface area contributed by atoms with Crippen molar-refractivity contribution in [2.75, 3.05) is 11.1 Å². The minimum Gasteiger partial charge on any atom is -0.350 e. The van der Waals surface area contributed by atoms with Gasteiger partial charge in [0, 0.05) is 16.7 Å². The van der Waals surface area contributed by atoms with Crippen LogP contribution >= 0.6 is 11.8 Å². The number of hydrogen-bond acceptors (Lipinski definition) is 3. The third-order valence-corrected chi connectivity index (χ3v) is 4.97. The maximum absolute atomic E-state index is 12.8. The van der Waals surface area contributed by atoms with Crippen molar-refractivity contribution in [3.8, 4) is 0 Å². The van der Waals surface area contributed by atoms with E-state index in [4.69, 9.17) is 0 Å². The quantitative estimate of drug-likeness (QED) is 0.522. The van der Waals surface area contributed by atoms with E-state index < -0.39 is 0 Å². The fourth-order valence-electron chi connectivity index (χ4n) is 2.31. The van der Waals surface area contributed by atoms with E-state index in [-0.39, 0.29) is 17.9 Å². The van der Waals surface area contributed by atoms with E-state index in [0.717, 1.165) is 17.1 Å². The summed E-state index contributed by atoms with van der Waals surface area (Å²) >= 11 is 1.55. The van der Waals surface area contributed by atoms with Crippen LogP contribution in [-0.2, 0) is 0 Å². The van der Waals surface area contributed by atoms with Crippen LogP contribution in [0.3, 0.4) is 0 Å². The largest absolute Gasteiger partial charge is 0.350 e. The second-order valence-electron chi connectivity index (χ2n) is 5.88. The van der Waals surface area contributed by atoms with Gasteiger partial charge >= 0.3 is 0 Å². The summed E-state index contributed by atoms with van der Waals surface area (Å²) in [6.45, 7) is 7.67. The Hall–Kier alpha value is -2.53. The maximum Gasteiger partial charge on any atom is 0.256 e. The Bertz CT molecular complexity index is 789. The van der Waals surface area contributed by atoms with Gasteiger partial charge in [0.25, 0.3) is 11.8 Å². The van der Waals surface area contributed by atoms with E-state index in [1.165, 1.54) is 0 Å². The first kappa shape index (κ1) is 19.8. The smallest absolute Gasteiger partial charge is 0.256 e. The Labute approximate surface area is 159 Å². The van der Waals surface area contributed by atoms with Crippen molar-refractivity contribution in [3.63, 3.8) is 0 Å². The molecule has 26 heavy (non-hydrogen) atoms. The molecule has 0 spiro atoms. The molecular formula is C21H24N2O2S. The number of thioether (sulfide) groups is 1. The summed E-state index contributed by atoms with van der Waals surface area (Å²) in [5, 5.41) is 5.81. The van der Waals surface area contributed by atoms with Crippen molar-refractivity contribution in [3.05, 3.63) is 72.3 Å². The normalized spacial score (nSPS) is 11.5. The summed E-state index contributed by atoms with van der Waals surface area (Å²) in [6, 6.07) is 14.5. The highest BCUT2D eigenvalue weighted by Gasteiger charge is 2.17. The molecule has 0 heterocycles. The number of nitrogens with one attached hydrogen (secondary N) is 2. The fourth-order valence-corrected chi connectivity index (χ4v) is 3.10. The Kier molecular flexibility index (Phi) is 7.48. The van der Waals surface area contributed by atoms with Gasteiger partial charge in [-0.05, 0) is 37.6 Å². The fraction of sp³-hybridized carbons (Fsp3) is 0.238. The Morgan fingerprint density at radius 2 is 1.73 bits per heavy atom. The lowest BCUT2D eigenvalue weighted by Gasteiger charge is -2.15. The molecule has 0 bridgehead atoms. The lowest BCUT2D eigenvalue weighted by Crippen LogP contribution is -2.32. The molecule has 1 unspecified atom stereocenters. The van der Waals surface area contributed by atoms with Crippen molar-refractivity contribution in [2.24, 2.45) is 0 Å². The summed E-state index contributed by atoms with van der Waals surface area (Å²) in [5.41, 5.74) is 1.54.